The summed E-state index contributed by atoms with van der Waals surface area (Å²) in [7, 11) is 0. The molecule has 0 saturated carbocycles. The van der Waals surface area contributed by atoms with Gasteiger partial charge in [0.25, 0.3) is 0 Å². The molecule has 0 unspecified atom stereocenters. The van der Waals surface area contributed by atoms with E-state index >= 15 is 0 Å². The fraction of sp³-hybridized carbons (Fsp3) is 0.207. The zero-order valence-corrected chi connectivity index (χ0v) is 21.3. The molecular formula is C29H30FN5O2. The highest BCUT2D eigenvalue weighted by atomic mass is 19.1. The van der Waals surface area contributed by atoms with Crippen LogP contribution in [-0.4, -0.2) is 39.2 Å². The molecule has 0 radical (unpaired) electrons. The average molecular weight is 500 g/mol. The summed E-state index contributed by atoms with van der Waals surface area (Å²) in [6, 6.07) is 22.3. The first-order valence-electron chi connectivity index (χ1n) is 12.1. The Balaban J connectivity index is 1.57. The molecular weight excluding hydrogens is 469 g/mol. The van der Waals surface area contributed by atoms with Gasteiger partial charge in [0, 0.05) is 23.4 Å². The van der Waals surface area contributed by atoms with Crippen molar-refractivity contribution in [3.63, 3.8) is 0 Å². The van der Waals surface area contributed by atoms with Gasteiger partial charge in [-0.25, -0.2) is 13.9 Å². The zero-order chi connectivity index (χ0) is 26.5. The van der Waals surface area contributed by atoms with Crippen LogP contribution in [0.25, 0.3) is 16.9 Å². The van der Waals surface area contributed by atoms with Crippen LogP contribution < -0.4 is 10.6 Å². The number of carbonyl (C=O) groups is 2. The van der Waals surface area contributed by atoms with Gasteiger partial charge in [-0.3, -0.25) is 4.79 Å². The molecule has 37 heavy (non-hydrogen) atoms. The Hall–Kier alpha value is -4.46. The van der Waals surface area contributed by atoms with Gasteiger partial charge in [0.15, 0.2) is 0 Å². The molecule has 1 heterocycles. The molecule has 0 aliphatic carbocycles. The van der Waals surface area contributed by atoms with Crippen LogP contribution >= 0.6 is 0 Å². The van der Waals surface area contributed by atoms with E-state index in [1.807, 2.05) is 76.2 Å². The highest BCUT2D eigenvalue weighted by Crippen LogP contribution is 2.25. The van der Waals surface area contributed by atoms with Crippen LogP contribution in [0.1, 0.15) is 25.0 Å². The topological polar surface area (TPSA) is 79.3 Å². The lowest BCUT2D eigenvalue weighted by Crippen LogP contribution is -2.44. The monoisotopic (exact) mass is 499 g/mol. The standard InChI is InChI=1S/C29H30FN5O2/c1-19(2)34(29(37)31-25-12-8-9-20(3)21(25)4)18-28(36)32-27-17-26(22-10-6-5-7-11-22)33-35(27)24-15-13-23(30)14-16-24/h5-17,19H,18H2,1-4H3,(H,31,37)(H,32,36). The molecule has 0 saturated heterocycles. The minimum absolute atomic E-state index is 0.163. The second-order valence-electron chi connectivity index (χ2n) is 9.12. The van der Waals surface area contributed by atoms with E-state index in [2.05, 4.69) is 15.7 Å². The number of hydrogen-bond acceptors (Lipinski definition) is 3. The van der Waals surface area contributed by atoms with Gasteiger partial charge < -0.3 is 15.5 Å². The predicted molar refractivity (Wildman–Crippen MR) is 144 cm³/mol. The van der Waals surface area contributed by atoms with E-state index in [0.29, 0.717) is 22.9 Å². The highest BCUT2D eigenvalue weighted by molar-refractivity contribution is 5.97. The summed E-state index contributed by atoms with van der Waals surface area (Å²) in [4.78, 5) is 27.7. The van der Waals surface area contributed by atoms with Crippen molar-refractivity contribution in [1.29, 1.82) is 0 Å². The maximum Gasteiger partial charge on any atom is 0.322 e. The third-order valence-electron chi connectivity index (χ3n) is 6.16. The summed E-state index contributed by atoms with van der Waals surface area (Å²) in [6.07, 6.45) is 0. The second-order valence-corrected chi connectivity index (χ2v) is 9.12. The number of nitrogens with one attached hydrogen (secondary N) is 2. The van der Waals surface area contributed by atoms with Crippen molar-refractivity contribution in [2.24, 2.45) is 0 Å². The zero-order valence-electron chi connectivity index (χ0n) is 21.3. The van der Waals surface area contributed by atoms with Gasteiger partial charge in [-0.1, -0.05) is 42.5 Å². The van der Waals surface area contributed by atoms with Gasteiger partial charge in [0.05, 0.1) is 11.4 Å². The molecule has 0 bridgehead atoms. The minimum atomic E-state index is -0.382. The Labute approximate surface area is 215 Å². The number of anilines is 2. The van der Waals surface area contributed by atoms with Gasteiger partial charge in [0.1, 0.15) is 18.2 Å². The third-order valence-corrected chi connectivity index (χ3v) is 6.16. The maximum atomic E-state index is 13.5. The van der Waals surface area contributed by atoms with Crippen LogP contribution in [0.15, 0.2) is 78.9 Å². The van der Waals surface area contributed by atoms with Crippen molar-refractivity contribution in [3.8, 4) is 16.9 Å². The van der Waals surface area contributed by atoms with Crippen molar-refractivity contribution < 1.29 is 14.0 Å². The van der Waals surface area contributed by atoms with Crippen LogP contribution in [0, 0.1) is 19.7 Å². The van der Waals surface area contributed by atoms with Crippen LogP contribution in [0.4, 0.5) is 20.7 Å². The Kier molecular flexibility index (Phi) is 7.67. The molecule has 4 rings (SSSR count). The SMILES string of the molecule is Cc1cccc(NC(=O)N(CC(=O)Nc2cc(-c3ccccc3)nn2-c2ccc(F)cc2)C(C)C)c1C. The molecule has 3 amide bonds. The number of urea groups is 1. The molecule has 1 aromatic heterocycles. The molecule has 0 spiro atoms. The van der Waals surface area contributed by atoms with E-state index < -0.39 is 0 Å². The van der Waals surface area contributed by atoms with Crippen molar-refractivity contribution >= 4 is 23.4 Å². The predicted octanol–water partition coefficient (Wildman–Crippen LogP) is 6.18. The van der Waals surface area contributed by atoms with E-state index in [1.165, 1.54) is 17.0 Å². The van der Waals surface area contributed by atoms with Crippen molar-refractivity contribution in [1.82, 2.24) is 14.7 Å². The summed E-state index contributed by atoms with van der Waals surface area (Å²) < 4.78 is 15.1. The summed E-state index contributed by atoms with van der Waals surface area (Å²) in [5, 5.41) is 10.5. The number of benzene rings is 3. The second kappa shape index (κ2) is 11.1. The number of aryl methyl sites for hydroxylation is 1. The third kappa shape index (κ3) is 6.03. The van der Waals surface area contributed by atoms with Crippen LogP contribution in [0.2, 0.25) is 0 Å². The number of amides is 3. The molecule has 0 atom stereocenters. The Morgan fingerprint density at radius 1 is 0.946 bits per heavy atom. The molecule has 2 N–H and O–H groups in total. The van der Waals surface area contributed by atoms with E-state index in [1.54, 1.807) is 22.9 Å². The molecule has 3 aromatic carbocycles. The maximum absolute atomic E-state index is 13.5. The van der Waals surface area contributed by atoms with Crippen molar-refractivity contribution in [3.05, 3.63) is 95.8 Å². The fourth-order valence-electron chi connectivity index (χ4n) is 3.90. The quantitative estimate of drug-likeness (QED) is 0.319. The van der Waals surface area contributed by atoms with Crippen molar-refractivity contribution in [2.75, 3.05) is 17.2 Å². The number of hydrogen-bond donors (Lipinski definition) is 2. The molecule has 0 aliphatic rings. The van der Waals surface area contributed by atoms with Gasteiger partial charge in [0.2, 0.25) is 5.91 Å². The summed E-state index contributed by atoms with van der Waals surface area (Å²) >= 11 is 0. The molecule has 190 valence electrons. The summed E-state index contributed by atoms with van der Waals surface area (Å²) in [6.45, 7) is 7.47. The fourth-order valence-corrected chi connectivity index (χ4v) is 3.90. The van der Waals surface area contributed by atoms with Gasteiger partial charge in [-0.15, -0.1) is 0 Å². The first kappa shape index (κ1) is 25.6. The van der Waals surface area contributed by atoms with Crippen LogP contribution in [0.5, 0.6) is 0 Å². The lowest BCUT2D eigenvalue weighted by molar-refractivity contribution is -0.117. The molecule has 8 heteroatoms. The lowest BCUT2D eigenvalue weighted by Gasteiger charge is -2.27. The number of nitrogens with zero attached hydrogens (tertiary/aromatic N) is 3. The smallest absolute Gasteiger partial charge is 0.313 e. The highest BCUT2D eigenvalue weighted by Gasteiger charge is 2.22. The van der Waals surface area contributed by atoms with E-state index in [0.717, 1.165) is 16.7 Å². The molecule has 7 nitrogen and oxygen atoms in total. The number of aromatic nitrogens is 2. The van der Waals surface area contributed by atoms with E-state index in [4.69, 9.17) is 0 Å². The number of carbonyl (C=O) groups excluding carboxylic acids is 2. The van der Waals surface area contributed by atoms with E-state index in [-0.39, 0.29) is 30.3 Å². The molecule has 4 aromatic rings. The molecule has 0 fully saturated rings. The van der Waals surface area contributed by atoms with E-state index in [9.17, 15) is 14.0 Å². The Morgan fingerprint density at radius 2 is 1.65 bits per heavy atom. The Bertz CT molecular complexity index is 1400. The van der Waals surface area contributed by atoms with Gasteiger partial charge >= 0.3 is 6.03 Å². The van der Waals surface area contributed by atoms with Crippen molar-refractivity contribution in [2.45, 2.75) is 33.7 Å². The van der Waals surface area contributed by atoms with Crippen LogP contribution in [0.3, 0.4) is 0 Å². The van der Waals surface area contributed by atoms with Crippen LogP contribution in [-0.2, 0) is 4.79 Å². The lowest BCUT2D eigenvalue weighted by atomic mass is 10.1. The van der Waals surface area contributed by atoms with Gasteiger partial charge in [-0.05, 0) is 69.2 Å². The first-order valence-corrected chi connectivity index (χ1v) is 12.1. The molecule has 0 aliphatic heterocycles. The number of rotatable bonds is 7. The normalized spacial score (nSPS) is 10.9. The Morgan fingerprint density at radius 3 is 2.32 bits per heavy atom. The first-order chi connectivity index (χ1) is 17.7. The summed E-state index contributed by atoms with van der Waals surface area (Å²) in [5.74, 6) is -0.339. The summed E-state index contributed by atoms with van der Waals surface area (Å²) in [5.41, 5.74) is 4.85. The van der Waals surface area contributed by atoms with Gasteiger partial charge in [-0.2, -0.15) is 5.10 Å². The number of halogens is 1. The minimum Gasteiger partial charge on any atom is -0.313 e. The largest absolute Gasteiger partial charge is 0.322 e. The average Bonchev–Trinajstić information content (AvgIpc) is 3.29.